The van der Waals surface area contributed by atoms with Crippen LogP contribution in [0.15, 0.2) is 65.8 Å². The Morgan fingerprint density at radius 2 is 1.94 bits per heavy atom. The molecule has 170 valence electrons. The highest BCUT2D eigenvalue weighted by Gasteiger charge is 2.31. The molecule has 10 heteroatoms. The average molecular weight is 452 g/mol. The molecule has 0 saturated heterocycles. The van der Waals surface area contributed by atoms with E-state index in [1.165, 1.54) is 35.0 Å². The van der Waals surface area contributed by atoms with Crippen molar-refractivity contribution in [3.8, 4) is 0 Å². The number of halogens is 2. The first-order valence-corrected chi connectivity index (χ1v) is 10.3. The molecule has 4 aromatic rings. The summed E-state index contributed by atoms with van der Waals surface area (Å²) in [5.74, 6) is -3.83. The minimum atomic E-state index is -3.20. The number of carbonyl (C=O) groups is 1. The van der Waals surface area contributed by atoms with Crippen molar-refractivity contribution in [3.05, 3.63) is 88.2 Å². The monoisotopic (exact) mass is 452 g/mol. The van der Waals surface area contributed by atoms with Gasteiger partial charge in [0.25, 0.3) is 11.5 Å². The van der Waals surface area contributed by atoms with Gasteiger partial charge in [0.1, 0.15) is 6.54 Å². The second-order valence-electron chi connectivity index (χ2n) is 7.59. The highest BCUT2D eigenvalue weighted by molar-refractivity contribution is 5.77. The molecule has 2 aromatic carbocycles. The molecular formula is C23H22F2N6O2. The van der Waals surface area contributed by atoms with E-state index in [2.05, 4.69) is 25.6 Å². The molecule has 0 atom stereocenters. The fraction of sp³-hybridized carbons (Fsp3) is 0.217. The van der Waals surface area contributed by atoms with Crippen molar-refractivity contribution in [1.29, 1.82) is 0 Å². The highest BCUT2D eigenvalue weighted by Crippen LogP contribution is 2.27. The lowest BCUT2D eigenvalue weighted by Gasteiger charge is -2.18. The molecule has 0 aliphatic heterocycles. The van der Waals surface area contributed by atoms with E-state index in [0.29, 0.717) is 5.69 Å². The Labute approximate surface area is 187 Å². The maximum Gasteiger partial charge on any atom is 0.293 e. The fourth-order valence-corrected chi connectivity index (χ4v) is 3.36. The summed E-state index contributed by atoms with van der Waals surface area (Å²) >= 11 is 0. The van der Waals surface area contributed by atoms with Gasteiger partial charge < -0.3 is 15.6 Å². The van der Waals surface area contributed by atoms with Gasteiger partial charge in [-0.3, -0.25) is 14.2 Å². The van der Waals surface area contributed by atoms with E-state index in [1.54, 1.807) is 19.3 Å². The van der Waals surface area contributed by atoms with Crippen molar-refractivity contribution in [1.82, 2.24) is 24.8 Å². The van der Waals surface area contributed by atoms with E-state index in [-0.39, 0.29) is 24.5 Å². The Balaban J connectivity index is 1.41. The number of rotatable bonds is 8. The number of alkyl halides is 2. The Morgan fingerprint density at radius 1 is 1.15 bits per heavy atom. The number of hydrogen-bond donors (Lipinski definition) is 3. The molecule has 4 rings (SSSR count). The van der Waals surface area contributed by atoms with Gasteiger partial charge in [-0.25, -0.2) is 9.97 Å². The van der Waals surface area contributed by atoms with Gasteiger partial charge in [0.05, 0.1) is 23.9 Å². The van der Waals surface area contributed by atoms with Crippen LogP contribution in [-0.4, -0.2) is 32.0 Å². The van der Waals surface area contributed by atoms with Crippen LogP contribution in [0.25, 0.3) is 11.0 Å². The molecule has 0 fully saturated rings. The summed E-state index contributed by atoms with van der Waals surface area (Å²) in [5, 5.41) is 5.19. The molecule has 2 heterocycles. The van der Waals surface area contributed by atoms with Crippen molar-refractivity contribution in [3.63, 3.8) is 0 Å². The van der Waals surface area contributed by atoms with Gasteiger partial charge >= 0.3 is 0 Å². The van der Waals surface area contributed by atoms with Crippen LogP contribution in [0.1, 0.15) is 16.8 Å². The van der Waals surface area contributed by atoms with Gasteiger partial charge in [0, 0.05) is 24.0 Å². The second kappa shape index (κ2) is 9.19. The van der Waals surface area contributed by atoms with Crippen molar-refractivity contribution in [2.75, 3.05) is 11.9 Å². The Hall–Kier alpha value is -4.08. The standard InChI is InChI=1S/C23H22F2N6O2/c1-15-10-27-21(28-13-23(24,25)17-5-3-2-4-6-17)22(33)31(15)12-20(32)26-11-16-7-8-18-19(9-16)30-14-29-18/h2-10,14H,11-13H2,1H3,(H,26,32)(H,27,28)(H,29,30). The topological polar surface area (TPSA) is 105 Å². The second-order valence-corrected chi connectivity index (χ2v) is 7.59. The average Bonchev–Trinajstić information content (AvgIpc) is 3.28. The number of carbonyl (C=O) groups excluding carboxylic acids is 1. The number of aromatic amines is 1. The first-order chi connectivity index (χ1) is 15.8. The zero-order valence-electron chi connectivity index (χ0n) is 17.8. The van der Waals surface area contributed by atoms with Gasteiger partial charge in [-0.1, -0.05) is 36.4 Å². The van der Waals surface area contributed by atoms with Crippen LogP contribution in [0.4, 0.5) is 14.6 Å². The molecule has 2 aromatic heterocycles. The van der Waals surface area contributed by atoms with Crippen molar-refractivity contribution in [2.45, 2.75) is 25.9 Å². The van der Waals surface area contributed by atoms with Crippen LogP contribution in [-0.2, 0) is 23.8 Å². The summed E-state index contributed by atoms with van der Waals surface area (Å²) in [6, 6.07) is 12.9. The van der Waals surface area contributed by atoms with E-state index < -0.39 is 23.9 Å². The summed E-state index contributed by atoms with van der Waals surface area (Å²) in [6.45, 7) is 0.825. The van der Waals surface area contributed by atoms with Crippen LogP contribution in [0.5, 0.6) is 0 Å². The van der Waals surface area contributed by atoms with Crippen LogP contribution in [0.3, 0.4) is 0 Å². The van der Waals surface area contributed by atoms with E-state index >= 15 is 0 Å². The fourth-order valence-electron chi connectivity index (χ4n) is 3.36. The Kier molecular flexibility index (Phi) is 6.16. The Bertz CT molecular complexity index is 1330. The highest BCUT2D eigenvalue weighted by atomic mass is 19.3. The molecule has 33 heavy (non-hydrogen) atoms. The molecular weight excluding hydrogens is 430 g/mol. The van der Waals surface area contributed by atoms with Gasteiger partial charge in [-0.05, 0) is 24.6 Å². The number of imidazole rings is 1. The molecule has 0 radical (unpaired) electrons. The third-order valence-corrected chi connectivity index (χ3v) is 5.20. The molecule has 3 N–H and O–H groups in total. The molecule has 1 amide bonds. The van der Waals surface area contributed by atoms with Gasteiger partial charge in [0.2, 0.25) is 5.91 Å². The van der Waals surface area contributed by atoms with Crippen LogP contribution >= 0.6 is 0 Å². The van der Waals surface area contributed by atoms with Gasteiger partial charge in [-0.2, -0.15) is 8.78 Å². The summed E-state index contributed by atoms with van der Waals surface area (Å²) in [7, 11) is 0. The molecule has 0 spiro atoms. The van der Waals surface area contributed by atoms with Crippen molar-refractivity contribution in [2.24, 2.45) is 0 Å². The lowest BCUT2D eigenvalue weighted by atomic mass is 10.1. The van der Waals surface area contributed by atoms with Crippen molar-refractivity contribution >= 4 is 22.8 Å². The first-order valence-electron chi connectivity index (χ1n) is 10.3. The Morgan fingerprint density at radius 3 is 2.73 bits per heavy atom. The van der Waals surface area contributed by atoms with E-state index in [0.717, 1.165) is 16.6 Å². The number of H-pyrrole nitrogens is 1. The van der Waals surface area contributed by atoms with Crippen molar-refractivity contribution < 1.29 is 13.6 Å². The summed E-state index contributed by atoms with van der Waals surface area (Å²) in [4.78, 5) is 36.3. The largest absolute Gasteiger partial charge is 0.359 e. The zero-order chi connectivity index (χ0) is 23.4. The number of anilines is 1. The maximum absolute atomic E-state index is 14.4. The van der Waals surface area contributed by atoms with E-state index in [1.807, 2.05) is 18.2 Å². The van der Waals surface area contributed by atoms with Crippen LogP contribution in [0, 0.1) is 6.92 Å². The number of fused-ring (bicyclic) bond motifs is 1. The number of hydrogen-bond acceptors (Lipinski definition) is 5. The molecule has 0 unspecified atom stereocenters. The maximum atomic E-state index is 14.4. The summed E-state index contributed by atoms with van der Waals surface area (Å²) in [5.41, 5.74) is 2.16. The van der Waals surface area contributed by atoms with Gasteiger partial charge in [-0.15, -0.1) is 0 Å². The third-order valence-electron chi connectivity index (χ3n) is 5.20. The molecule has 0 aliphatic rings. The predicted octanol–water partition coefficient (Wildman–Crippen LogP) is 2.95. The van der Waals surface area contributed by atoms with Crippen LogP contribution in [0.2, 0.25) is 0 Å². The quantitative estimate of drug-likeness (QED) is 0.381. The number of nitrogens with zero attached hydrogens (tertiary/aromatic N) is 3. The third kappa shape index (κ3) is 5.05. The number of benzene rings is 2. The zero-order valence-corrected chi connectivity index (χ0v) is 17.8. The normalized spacial score (nSPS) is 11.5. The minimum absolute atomic E-state index is 0.169. The lowest BCUT2D eigenvalue weighted by molar-refractivity contribution is -0.121. The molecule has 0 bridgehead atoms. The number of amides is 1. The first kappa shape index (κ1) is 22.1. The summed E-state index contributed by atoms with van der Waals surface area (Å²) < 4.78 is 30.1. The smallest absolute Gasteiger partial charge is 0.293 e. The molecule has 8 nitrogen and oxygen atoms in total. The summed E-state index contributed by atoms with van der Waals surface area (Å²) in [6.07, 6.45) is 2.96. The van der Waals surface area contributed by atoms with E-state index in [9.17, 15) is 18.4 Å². The molecule has 0 aliphatic carbocycles. The lowest BCUT2D eigenvalue weighted by Crippen LogP contribution is -2.35. The number of nitrogens with one attached hydrogen (secondary N) is 3. The molecule has 0 saturated carbocycles. The SMILES string of the molecule is Cc1cnc(NCC(F)(F)c2ccccc2)c(=O)n1CC(=O)NCc1ccc2nc[nH]c2c1. The van der Waals surface area contributed by atoms with E-state index in [4.69, 9.17) is 0 Å². The minimum Gasteiger partial charge on any atom is -0.359 e. The number of aryl methyl sites for hydroxylation is 1. The number of aromatic nitrogens is 4. The predicted molar refractivity (Wildman–Crippen MR) is 120 cm³/mol. The van der Waals surface area contributed by atoms with Crippen LogP contribution < -0.4 is 16.2 Å². The van der Waals surface area contributed by atoms with Gasteiger partial charge in [0.15, 0.2) is 5.82 Å².